The second-order valence-electron chi connectivity index (χ2n) is 23.8. The van der Waals surface area contributed by atoms with Crippen molar-refractivity contribution in [3.63, 3.8) is 0 Å². The third-order valence-electron chi connectivity index (χ3n) is 14.9. The highest BCUT2D eigenvalue weighted by atomic mass is 31.2. The number of allylic oxidation sites excluding steroid dienone is 8. The van der Waals surface area contributed by atoms with Crippen LogP contribution in [0.15, 0.2) is 48.6 Å². The molecule has 0 aliphatic rings. The van der Waals surface area contributed by atoms with Crippen molar-refractivity contribution in [2.75, 3.05) is 47.5 Å². The Hall–Kier alpha value is -2.03. The summed E-state index contributed by atoms with van der Waals surface area (Å²) in [5, 5.41) is 0. The summed E-state index contributed by atoms with van der Waals surface area (Å²) in [5.74, 6) is -0.788. The molecule has 9 nitrogen and oxygen atoms in total. The Labute approximate surface area is 484 Å². The maximum absolute atomic E-state index is 12.8. The number of quaternary nitrogens is 1. The Morgan fingerprint density at radius 3 is 1.09 bits per heavy atom. The van der Waals surface area contributed by atoms with Gasteiger partial charge in [0.05, 0.1) is 27.7 Å². The second-order valence-corrected chi connectivity index (χ2v) is 25.3. The van der Waals surface area contributed by atoms with Crippen LogP contribution in [0, 0.1) is 0 Å². The molecule has 10 heteroatoms. The molecule has 458 valence electrons. The number of ether oxygens (including phenoxy) is 2. The first-order valence-corrected chi connectivity index (χ1v) is 34.9. The zero-order valence-corrected chi connectivity index (χ0v) is 53.1. The molecule has 0 heterocycles. The predicted octanol–water partition coefficient (Wildman–Crippen LogP) is 21.3. The minimum Gasteiger partial charge on any atom is -0.462 e. The molecule has 0 amide bonds. The van der Waals surface area contributed by atoms with E-state index in [-0.39, 0.29) is 25.6 Å². The number of rotatable bonds is 62. The average Bonchev–Trinajstić information content (AvgIpc) is 3.40. The Balaban J connectivity index is 4.02. The number of nitrogens with zero attached hydrogens (tertiary/aromatic N) is 1. The van der Waals surface area contributed by atoms with E-state index in [0.717, 1.165) is 70.6 Å². The molecule has 0 saturated carbocycles. The van der Waals surface area contributed by atoms with Crippen LogP contribution in [0.3, 0.4) is 0 Å². The highest BCUT2D eigenvalue weighted by Crippen LogP contribution is 2.43. The van der Waals surface area contributed by atoms with Gasteiger partial charge in [0.25, 0.3) is 0 Å². The van der Waals surface area contributed by atoms with Crippen molar-refractivity contribution in [2.24, 2.45) is 0 Å². The molecule has 2 atom stereocenters. The van der Waals surface area contributed by atoms with E-state index in [1.54, 1.807) is 0 Å². The first-order valence-electron chi connectivity index (χ1n) is 33.4. The van der Waals surface area contributed by atoms with E-state index >= 15 is 0 Å². The fourth-order valence-electron chi connectivity index (χ4n) is 9.78. The molecule has 0 fully saturated rings. The van der Waals surface area contributed by atoms with Gasteiger partial charge in [-0.1, -0.05) is 306 Å². The number of phosphoric ester groups is 1. The lowest BCUT2D eigenvalue weighted by molar-refractivity contribution is -0.870. The molecule has 0 radical (unpaired) electrons. The van der Waals surface area contributed by atoms with E-state index in [9.17, 15) is 19.0 Å². The number of carbonyl (C=O) groups excluding carboxylic acids is 2. The summed E-state index contributed by atoms with van der Waals surface area (Å²) in [6.07, 6.45) is 76.4. The van der Waals surface area contributed by atoms with E-state index < -0.39 is 26.5 Å². The molecular weight excluding hydrogens is 990 g/mol. The molecule has 0 aromatic carbocycles. The Kier molecular flexibility index (Phi) is 58.0. The van der Waals surface area contributed by atoms with Crippen LogP contribution < -0.4 is 0 Å². The normalized spacial score (nSPS) is 13.5. The summed E-state index contributed by atoms with van der Waals surface area (Å²) in [6, 6.07) is 0. The van der Waals surface area contributed by atoms with Gasteiger partial charge in [-0.2, -0.15) is 0 Å². The van der Waals surface area contributed by atoms with Crippen LogP contribution in [0.25, 0.3) is 0 Å². The molecule has 78 heavy (non-hydrogen) atoms. The molecule has 0 saturated heterocycles. The third-order valence-corrected chi connectivity index (χ3v) is 15.9. The highest BCUT2D eigenvalue weighted by molar-refractivity contribution is 7.47. The maximum atomic E-state index is 12.8. The minimum atomic E-state index is -4.39. The van der Waals surface area contributed by atoms with Gasteiger partial charge in [0, 0.05) is 12.8 Å². The van der Waals surface area contributed by atoms with Crippen molar-refractivity contribution in [3.05, 3.63) is 48.6 Å². The monoisotopic (exact) mass is 1120 g/mol. The number of carbonyl (C=O) groups is 2. The third kappa shape index (κ3) is 63.2. The van der Waals surface area contributed by atoms with Gasteiger partial charge in [-0.3, -0.25) is 18.6 Å². The van der Waals surface area contributed by atoms with Crippen LogP contribution in [0.1, 0.15) is 322 Å². The number of likely N-dealkylation sites (N-methyl/N-ethyl adjacent to an activating group) is 1. The summed E-state index contributed by atoms with van der Waals surface area (Å²) in [5.41, 5.74) is 0. The molecular formula is C68H129NO8P+. The summed E-state index contributed by atoms with van der Waals surface area (Å²) < 4.78 is 34.7. The molecule has 0 spiro atoms. The van der Waals surface area contributed by atoms with Gasteiger partial charge in [-0.05, 0) is 51.4 Å². The Morgan fingerprint density at radius 2 is 0.731 bits per heavy atom. The highest BCUT2D eigenvalue weighted by Gasteiger charge is 2.27. The number of phosphoric acid groups is 1. The zero-order valence-electron chi connectivity index (χ0n) is 52.2. The summed E-state index contributed by atoms with van der Waals surface area (Å²) in [7, 11) is 1.48. The van der Waals surface area contributed by atoms with Gasteiger partial charge in [-0.15, -0.1) is 0 Å². The lowest BCUT2D eigenvalue weighted by Crippen LogP contribution is -2.37. The van der Waals surface area contributed by atoms with E-state index in [0.29, 0.717) is 23.9 Å². The van der Waals surface area contributed by atoms with Gasteiger partial charge in [0.2, 0.25) is 0 Å². The van der Waals surface area contributed by atoms with Crippen LogP contribution >= 0.6 is 7.82 Å². The van der Waals surface area contributed by atoms with E-state index in [4.69, 9.17) is 18.5 Å². The standard InChI is InChI=1S/C68H128NO8P/c1-6-8-10-12-14-16-18-20-22-24-26-28-30-31-32-33-34-35-36-37-39-40-42-44-46-48-50-52-54-56-58-60-67(70)74-64-66(65-76-78(72,73)75-63-62-69(3,4)5)77-68(71)61-59-57-55-53-51-49-47-45-43-41-38-29-27-25-23-21-19-17-15-13-11-9-7-2/h9,11,15,17,21,23,27,29,66H,6-8,10,12-14,16,18-20,22,24-26,28,30-65H2,1-5H3/p+1/b11-9-,17-15-,23-21-,29-27-. The molecule has 1 N–H and O–H groups in total. The van der Waals surface area contributed by atoms with Crippen molar-refractivity contribution >= 4 is 19.8 Å². The van der Waals surface area contributed by atoms with Crippen LogP contribution in [0.5, 0.6) is 0 Å². The van der Waals surface area contributed by atoms with Gasteiger partial charge in [0.15, 0.2) is 6.10 Å². The van der Waals surface area contributed by atoms with E-state index in [1.165, 1.54) is 218 Å². The number of esters is 2. The van der Waals surface area contributed by atoms with Crippen molar-refractivity contribution < 1.29 is 42.1 Å². The molecule has 0 aromatic rings. The van der Waals surface area contributed by atoms with Crippen LogP contribution in [-0.4, -0.2) is 74.9 Å². The quantitative estimate of drug-likeness (QED) is 0.0211. The second kappa shape index (κ2) is 59.6. The maximum Gasteiger partial charge on any atom is 0.472 e. The van der Waals surface area contributed by atoms with Gasteiger partial charge in [-0.25, -0.2) is 4.57 Å². The molecule has 2 unspecified atom stereocenters. The lowest BCUT2D eigenvalue weighted by atomic mass is 10.0. The fourth-order valence-corrected chi connectivity index (χ4v) is 10.5. The number of hydrogen-bond donors (Lipinski definition) is 1. The van der Waals surface area contributed by atoms with E-state index in [2.05, 4.69) is 62.5 Å². The van der Waals surface area contributed by atoms with Crippen LogP contribution in [0.2, 0.25) is 0 Å². The largest absolute Gasteiger partial charge is 0.472 e. The Morgan fingerprint density at radius 1 is 0.410 bits per heavy atom. The SMILES string of the molecule is CC/C=C\C/C=C\C/C=C\C/C=C\CCCCCCCCCCCCC(=O)OC(COC(=O)CCCCCCCCCCCCCCCCCCCCCCCCCCCCCCCCC)COP(=O)(O)OCC[N+](C)(C)C. The first-order chi connectivity index (χ1) is 38.0. The summed E-state index contributed by atoms with van der Waals surface area (Å²) in [4.78, 5) is 35.8. The van der Waals surface area contributed by atoms with Crippen molar-refractivity contribution in [1.29, 1.82) is 0 Å². The predicted molar refractivity (Wildman–Crippen MR) is 335 cm³/mol. The zero-order chi connectivity index (χ0) is 57.0. The smallest absolute Gasteiger partial charge is 0.462 e. The minimum absolute atomic E-state index is 0.0314. The molecule has 0 aromatic heterocycles. The average molecular weight is 1120 g/mol. The van der Waals surface area contributed by atoms with Crippen LogP contribution in [-0.2, 0) is 32.7 Å². The van der Waals surface area contributed by atoms with Crippen molar-refractivity contribution in [1.82, 2.24) is 0 Å². The molecule has 0 aliphatic heterocycles. The van der Waals surface area contributed by atoms with Gasteiger partial charge >= 0.3 is 19.8 Å². The summed E-state index contributed by atoms with van der Waals surface area (Å²) >= 11 is 0. The topological polar surface area (TPSA) is 108 Å². The number of unbranched alkanes of at least 4 members (excludes halogenated alkanes) is 40. The fraction of sp³-hybridized carbons (Fsp3) is 0.853. The summed E-state index contributed by atoms with van der Waals surface area (Å²) in [6.45, 7) is 4.37. The molecule has 0 rings (SSSR count). The Bertz CT molecular complexity index is 1460. The van der Waals surface area contributed by atoms with Crippen molar-refractivity contribution in [2.45, 2.75) is 328 Å². The van der Waals surface area contributed by atoms with Crippen molar-refractivity contribution in [3.8, 4) is 0 Å². The van der Waals surface area contributed by atoms with Gasteiger partial charge < -0.3 is 18.9 Å². The number of hydrogen-bond acceptors (Lipinski definition) is 7. The van der Waals surface area contributed by atoms with E-state index in [1.807, 2.05) is 21.1 Å². The first kappa shape index (κ1) is 76.0. The van der Waals surface area contributed by atoms with Gasteiger partial charge in [0.1, 0.15) is 19.8 Å². The molecule has 0 aliphatic carbocycles. The molecule has 0 bridgehead atoms. The lowest BCUT2D eigenvalue weighted by Gasteiger charge is -2.24. The van der Waals surface area contributed by atoms with Crippen LogP contribution in [0.4, 0.5) is 0 Å².